The van der Waals surface area contributed by atoms with Crippen molar-refractivity contribution in [1.29, 1.82) is 0 Å². The van der Waals surface area contributed by atoms with Crippen molar-refractivity contribution in [1.82, 2.24) is 9.97 Å². The van der Waals surface area contributed by atoms with Gasteiger partial charge in [0.1, 0.15) is 0 Å². The molecule has 0 radical (unpaired) electrons. The summed E-state index contributed by atoms with van der Waals surface area (Å²) in [4.78, 5) is 10.4. The van der Waals surface area contributed by atoms with Crippen molar-refractivity contribution in [3.05, 3.63) is 243 Å². The lowest BCUT2D eigenvalue weighted by Crippen LogP contribution is -1.92. The molecule has 320 valence electrons. The lowest BCUT2D eigenvalue weighted by atomic mass is 9.92. The van der Waals surface area contributed by atoms with Crippen molar-refractivity contribution in [2.24, 2.45) is 0 Å². The van der Waals surface area contributed by atoms with Crippen molar-refractivity contribution in [3.8, 4) is 66.9 Å². The van der Waals surface area contributed by atoms with E-state index in [-0.39, 0.29) is 0 Å². The second-order valence-electron chi connectivity index (χ2n) is 18.1. The zero-order chi connectivity index (χ0) is 45.4. The molecule has 0 aliphatic carbocycles. The van der Waals surface area contributed by atoms with E-state index in [9.17, 15) is 0 Å². The first-order chi connectivity index (χ1) is 34.1. The molecule has 0 N–H and O–H groups in total. The second kappa shape index (κ2) is 16.0. The fourth-order valence-corrected chi connectivity index (χ4v) is 11.7. The van der Waals surface area contributed by atoms with Crippen LogP contribution < -0.4 is 0 Å². The average molecular weight is 893 g/mol. The summed E-state index contributed by atoms with van der Waals surface area (Å²) in [5.41, 5.74) is 15.7. The van der Waals surface area contributed by atoms with Gasteiger partial charge in [0.2, 0.25) is 0 Å². The van der Waals surface area contributed by atoms with Crippen molar-refractivity contribution in [2.45, 2.75) is 0 Å². The van der Waals surface area contributed by atoms with E-state index in [1.807, 2.05) is 17.5 Å². The molecule has 0 saturated carbocycles. The third-order valence-corrected chi connectivity index (χ3v) is 15.2. The highest BCUT2D eigenvalue weighted by atomic mass is 32.1. The molecular formula is C66H40N2S. The van der Waals surface area contributed by atoms with Gasteiger partial charge in [0, 0.05) is 42.1 Å². The van der Waals surface area contributed by atoms with Gasteiger partial charge in [-0.05, 0) is 137 Å². The van der Waals surface area contributed by atoms with E-state index in [2.05, 4.69) is 237 Å². The topological polar surface area (TPSA) is 25.8 Å². The van der Waals surface area contributed by atoms with E-state index in [4.69, 9.17) is 9.97 Å². The third kappa shape index (κ3) is 6.78. The van der Waals surface area contributed by atoms with Gasteiger partial charge >= 0.3 is 0 Å². The first kappa shape index (κ1) is 39.4. The summed E-state index contributed by atoms with van der Waals surface area (Å²) in [6.07, 6.45) is 1.93. The molecule has 2 heterocycles. The molecule has 0 saturated heterocycles. The smallest absolute Gasteiger partial charge is 0.0979 e. The maximum atomic E-state index is 5.30. The Labute approximate surface area is 403 Å². The third-order valence-electron chi connectivity index (χ3n) is 14.0. The maximum Gasteiger partial charge on any atom is 0.0979 e. The molecule has 0 bridgehead atoms. The maximum absolute atomic E-state index is 5.30. The lowest BCUT2D eigenvalue weighted by Gasteiger charge is -2.12. The van der Waals surface area contributed by atoms with E-state index < -0.39 is 0 Å². The van der Waals surface area contributed by atoms with Crippen LogP contribution in [0.5, 0.6) is 0 Å². The average Bonchev–Trinajstić information content (AvgIpc) is 3.80. The van der Waals surface area contributed by atoms with Crippen molar-refractivity contribution in [2.75, 3.05) is 0 Å². The lowest BCUT2D eigenvalue weighted by molar-refractivity contribution is 1.31. The van der Waals surface area contributed by atoms with Gasteiger partial charge in [-0.3, -0.25) is 4.98 Å². The molecule has 2 nitrogen and oxygen atoms in total. The number of nitrogens with zero attached hydrogens (tertiary/aromatic N) is 2. The number of hydrogen-bond donors (Lipinski definition) is 0. The quantitative estimate of drug-likeness (QED) is 0.155. The number of hydrogen-bond acceptors (Lipinski definition) is 3. The van der Waals surface area contributed by atoms with E-state index in [1.165, 1.54) is 97.0 Å². The van der Waals surface area contributed by atoms with Gasteiger partial charge in [0.15, 0.2) is 0 Å². The minimum absolute atomic E-state index is 0.858. The van der Waals surface area contributed by atoms with Gasteiger partial charge in [-0.25, -0.2) is 4.98 Å². The SMILES string of the molecule is c1cc(-c2cccc(-c3cnc4c5ccccc5c5ccccc5c4n3)c2)cc(-c2cccc(-c3cc(-c4ccc5ccccc5c4)cc4c3sc3ccc(-c5ccc6ccccc6c5)cc34)c2)c1. The number of aromatic nitrogens is 2. The summed E-state index contributed by atoms with van der Waals surface area (Å²) in [5, 5.41) is 12.2. The van der Waals surface area contributed by atoms with Crippen LogP contribution >= 0.6 is 11.3 Å². The highest BCUT2D eigenvalue weighted by Gasteiger charge is 2.17. The molecule has 0 spiro atoms. The molecule has 0 fully saturated rings. The number of benzene rings is 12. The van der Waals surface area contributed by atoms with E-state index in [1.54, 1.807) is 0 Å². The van der Waals surface area contributed by atoms with E-state index in [0.717, 1.165) is 44.2 Å². The monoisotopic (exact) mass is 892 g/mol. The van der Waals surface area contributed by atoms with Gasteiger partial charge in [-0.2, -0.15) is 0 Å². The van der Waals surface area contributed by atoms with Crippen molar-refractivity contribution < 1.29 is 0 Å². The number of thiophene rings is 1. The molecule has 3 heteroatoms. The Hall–Kier alpha value is -8.76. The van der Waals surface area contributed by atoms with E-state index >= 15 is 0 Å². The molecule has 0 amide bonds. The fourth-order valence-electron chi connectivity index (χ4n) is 10.5. The van der Waals surface area contributed by atoms with Gasteiger partial charge < -0.3 is 0 Å². The number of fused-ring (bicyclic) bond motifs is 11. The minimum atomic E-state index is 0.858. The van der Waals surface area contributed by atoms with Gasteiger partial charge in [0.25, 0.3) is 0 Å². The molecule has 0 aliphatic rings. The van der Waals surface area contributed by atoms with Crippen LogP contribution in [-0.4, -0.2) is 9.97 Å². The van der Waals surface area contributed by atoms with Crippen LogP contribution in [0.25, 0.3) is 141 Å². The van der Waals surface area contributed by atoms with Gasteiger partial charge in [-0.15, -0.1) is 11.3 Å². The molecule has 0 atom stereocenters. The summed E-state index contributed by atoms with van der Waals surface area (Å²) >= 11 is 1.89. The molecule has 0 unspecified atom stereocenters. The molecular weight excluding hydrogens is 853 g/mol. The zero-order valence-corrected chi connectivity index (χ0v) is 38.2. The summed E-state index contributed by atoms with van der Waals surface area (Å²) in [5.74, 6) is 0. The highest BCUT2D eigenvalue weighted by Crippen LogP contribution is 2.45. The van der Waals surface area contributed by atoms with Crippen LogP contribution in [0.4, 0.5) is 0 Å². The molecule has 14 aromatic rings. The molecule has 14 rings (SSSR count). The zero-order valence-electron chi connectivity index (χ0n) is 37.4. The summed E-state index contributed by atoms with van der Waals surface area (Å²) in [6, 6.07) is 86.5. The van der Waals surface area contributed by atoms with Crippen LogP contribution in [-0.2, 0) is 0 Å². The standard InChI is InChI=1S/C66H40N2S/c1-3-14-43-32-49(28-26-41(43)12-1)51-30-31-63-60(37-51)61-39-54(50-29-27-42-13-2-4-15-44(42)33-50)38-59(66(61)69-63)52-20-10-18-47(35-52)45-16-9-17-46(34-45)48-19-11-21-53(36-48)62-40-67-64-57-24-7-5-22-55(57)56-23-6-8-25-58(56)65(64)68-62/h1-40H. The predicted octanol–water partition coefficient (Wildman–Crippen LogP) is 18.6. The Morgan fingerprint density at radius 3 is 1.39 bits per heavy atom. The highest BCUT2D eigenvalue weighted by molar-refractivity contribution is 7.26. The summed E-state index contributed by atoms with van der Waals surface area (Å²) in [6.45, 7) is 0. The van der Waals surface area contributed by atoms with Crippen LogP contribution in [0.3, 0.4) is 0 Å². The fraction of sp³-hybridized carbons (Fsp3) is 0. The summed E-state index contributed by atoms with van der Waals surface area (Å²) < 4.78 is 2.58. The van der Waals surface area contributed by atoms with Crippen molar-refractivity contribution in [3.63, 3.8) is 0 Å². The second-order valence-corrected chi connectivity index (χ2v) is 19.2. The van der Waals surface area contributed by atoms with Gasteiger partial charge in [0.05, 0.1) is 22.9 Å². The minimum Gasteiger partial charge on any atom is -0.252 e. The Bertz CT molecular complexity index is 4350. The predicted molar refractivity (Wildman–Crippen MR) is 295 cm³/mol. The summed E-state index contributed by atoms with van der Waals surface area (Å²) in [7, 11) is 0. The molecule has 2 aromatic heterocycles. The van der Waals surface area contributed by atoms with Crippen LogP contribution in [0.2, 0.25) is 0 Å². The molecule has 69 heavy (non-hydrogen) atoms. The Morgan fingerprint density at radius 1 is 0.275 bits per heavy atom. The van der Waals surface area contributed by atoms with Gasteiger partial charge in [-0.1, -0.05) is 182 Å². The normalized spacial score (nSPS) is 11.8. The van der Waals surface area contributed by atoms with Crippen LogP contribution in [0, 0.1) is 0 Å². The molecule has 12 aromatic carbocycles. The van der Waals surface area contributed by atoms with E-state index in [0.29, 0.717) is 0 Å². The van der Waals surface area contributed by atoms with Crippen LogP contribution in [0.1, 0.15) is 0 Å². The first-order valence-corrected chi connectivity index (χ1v) is 24.3. The Balaban J connectivity index is 0.866. The number of rotatable bonds is 6. The first-order valence-electron chi connectivity index (χ1n) is 23.5. The Morgan fingerprint density at radius 2 is 0.739 bits per heavy atom. The molecule has 0 aliphatic heterocycles. The Kier molecular flexibility index (Phi) is 9.11. The largest absolute Gasteiger partial charge is 0.252 e. The van der Waals surface area contributed by atoms with Crippen LogP contribution in [0.15, 0.2) is 243 Å². The van der Waals surface area contributed by atoms with Crippen molar-refractivity contribution >= 4 is 85.6 Å².